The van der Waals surface area contributed by atoms with Gasteiger partial charge >= 0.3 is 0 Å². The van der Waals surface area contributed by atoms with Crippen LogP contribution in [0, 0.1) is 11.3 Å². The molecule has 0 saturated carbocycles. The van der Waals surface area contributed by atoms with Crippen molar-refractivity contribution >= 4 is 5.91 Å². The number of likely N-dealkylation sites (tertiary alicyclic amines) is 1. The highest BCUT2D eigenvalue weighted by atomic mass is 16.1. The van der Waals surface area contributed by atoms with Crippen molar-refractivity contribution in [1.82, 2.24) is 10.2 Å². The van der Waals surface area contributed by atoms with Gasteiger partial charge in [-0.3, -0.25) is 9.69 Å². The van der Waals surface area contributed by atoms with Crippen LogP contribution in [0.5, 0.6) is 0 Å². The van der Waals surface area contributed by atoms with Gasteiger partial charge in [-0.15, -0.1) is 0 Å². The lowest BCUT2D eigenvalue weighted by molar-refractivity contribution is -0.121. The zero-order valence-electron chi connectivity index (χ0n) is 11.0. The maximum Gasteiger partial charge on any atom is 0.234 e. The molecule has 4 heteroatoms. The van der Waals surface area contributed by atoms with E-state index < -0.39 is 0 Å². The van der Waals surface area contributed by atoms with Gasteiger partial charge in [-0.25, -0.2) is 0 Å². The van der Waals surface area contributed by atoms with E-state index in [9.17, 15) is 4.79 Å². The van der Waals surface area contributed by atoms with E-state index in [1.54, 1.807) is 0 Å². The number of carbonyl (C=O) groups excluding carboxylic acids is 1. The molecule has 0 radical (unpaired) electrons. The van der Waals surface area contributed by atoms with Gasteiger partial charge in [0.15, 0.2) is 0 Å². The quantitative estimate of drug-likeness (QED) is 0.893. The van der Waals surface area contributed by atoms with Gasteiger partial charge in [-0.05, 0) is 18.4 Å². The fourth-order valence-electron chi connectivity index (χ4n) is 2.43. The van der Waals surface area contributed by atoms with E-state index in [1.165, 1.54) is 5.56 Å². The summed E-state index contributed by atoms with van der Waals surface area (Å²) in [7, 11) is 0. The molecule has 0 bridgehead atoms. The molecule has 4 nitrogen and oxygen atoms in total. The fraction of sp³-hybridized carbons (Fsp3) is 0.467. The number of piperidine rings is 1. The number of nitrogens with zero attached hydrogens (tertiary/aromatic N) is 2. The number of hydrogen-bond acceptors (Lipinski definition) is 3. The molecule has 0 unspecified atom stereocenters. The molecule has 1 saturated heterocycles. The van der Waals surface area contributed by atoms with E-state index >= 15 is 0 Å². The van der Waals surface area contributed by atoms with Crippen molar-refractivity contribution in [1.29, 1.82) is 5.26 Å². The van der Waals surface area contributed by atoms with Crippen LogP contribution in [0.15, 0.2) is 30.3 Å². The average Bonchev–Trinajstić information content (AvgIpc) is 2.42. The second kappa shape index (κ2) is 6.91. The van der Waals surface area contributed by atoms with Crippen molar-refractivity contribution in [2.75, 3.05) is 13.1 Å². The number of carbonyl (C=O) groups is 1. The molecule has 1 aliphatic heterocycles. The molecule has 19 heavy (non-hydrogen) atoms. The minimum Gasteiger partial charge on any atom is -0.352 e. The maximum atomic E-state index is 11.3. The Morgan fingerprint density at radius 3 is 2.63 bits per heavy atom. The van der Waals surface area contributed by atoms with Crippen LogP contribution >= 0.6 is 0 Å². The lowest BCUT2D eigenvalue weighted by Crippen LogP contribution is -2.44. The topological polar surface area (TPSA) is 56.1 Å². The Kier molecular flexibility index (Phi) is 4.93. The molecule has 1 aromatic rings. The van der Waals surface area contributed by atoms with E-state index in [0.717, 1.165) is 32.5 Å². The molecule has 2 rings (SSSR count). The Bertz CT molecular complexity index is 444. The number of nitriles is 1. The Morgan fingerprint density at radius 1 is 1.32 bits per heavy atom. The number of hydrogen-bond donors (Lipinski definition) is 1. The summed E-state index contributed by atoms with van der Waals surface area (Å²) in [6, 6.07) is 12.5. The highest BCUT2D eigenvalue weighted by molar-refractivity contribution is 5.78. The monoisotopic (exact) mass is 257 g/mol. The highest BCUT2D eigenvalue weighted by Gasteiger charge is 2.20. The van der Waals surface area contributed by atoms with Crippen LogP contribution < -0.4 is 5.32 Å². The van der Waals surface area contributed by atoms with Crippen LogP contribution in [0.25, 0.3) is 0 Å². The molecule has 1 amide bonds. The molecular formula is C15H19N3O. The maximum absolute atomic E-state index is 11.3. The van der Waals surface area contributed by atoms with E-state index in [0.29, 0.717) is 0 Å². The summed E-state index contributed by atoms with van der Waals surface area (Å²) in [4.78, 5) is 13.7. The van der Waals surface area contributed by atoms with Crippen LogP contribution in [-0.2, 0) is 11.3 Å². The van der Waals surface area contributed by atoms with E-state index in [4.69, 9.17) is 5.26 Å². The van der Waals surface area contributed by atoms with Gasteiger partial charge in [0.2, 0.25) is 5.91 Å². The number of amides is 1. The first-order valence-electron chi connectivity index (χ1n) is 6.70. The molecule has 0 spiro atoms. The van der Waals surface area contributed by atoms with Crippen LogP contribution in [0.2, 0.25) is 0 Å². The largest absolute Gasteiger partial charge is 0.352 e. The van der Waals surface area contributed by atoms with Crippen LogP contribution in [0.3, 0.4) is 0 Å². The zero-order valence-corrected chi connectivity index (χ0v) is 11.0. The summed E-state index contributed by atoms with van der Waals surface area (Å²) in [5.41, 5.74) is 1.33. The molecule has 100 valence electrons. The lowest BCUT2D eigenvalue weighted by Gasteiger charge is -2.32. The molecule has 0 aromatic heterocycles. The number of rotatable bonds is 4. The molecule has 1 heterocycles. The Morgan fingerprint density at radius 2 is 2.00 bits per heavy atom. The van der Waals surface area contributed by atoms with Gasteiger partial charge in [-0.2, -0.15) is 5.26 Å². The van der Waals surface area contributed by atoms with Gasteiger partial charge in [0.25, 0.3) is 0 Å². The highest BCUT2D eigenvalue weighted by Crippen LogP contribution is 2.13. The molecular weight excluding hydrogens is 238 g/mol. The van der Waals surface area contributed by atoms with Crippen molar-refractivity contribution in [3.05, 3.63) is 35.9 Å². The molecule has 1 N–H and O–H groups in total. The van der Waals surface area contributed by atoms with Crippen molar-refractivity contribution in [2.24, 2.45) is 0 Å². The smallest absolute Gasteiger partial charge is 0.234 e. The molecule has 1 aliphatic rings. The molecule has 1 aromatic carbocycles. The summed E-state index contributed by atoms with van der Waals surface area (Å²) in [5.74, 6) is -0.149. The number of benzene rings is 1. The fourth-order valence-corrected chi connectivity index (χ4v) is 2.43. The summed E-state index contributed by atoms with van der Waals surface area (Å²) in [5, 5.41) is 11.4. The SMILES string of the molecule is N#CCC(=O)NC1CCN(Cc2ccccc2)CC1. The summed E-state index contributed by atoms with van der Waals surface area (Å²) in [6.45, 7) is 2.96. The Hall–Kier alpha value is -1.86. The Labute approximate surface area is 114 Å². The van der Waals surface area contributed by atoms with Crippen molar-refractivity contribution in [3.8, 4) is 6.07 Å². The van der Waals surface area contributed by atoms with Crippen molar-refractivity contribution < 1.29 is 4.79 Å². The predicted octanol–water partition coefficient (Wildman–Crippen LogP) is 1.68. The zero-order chi connectivity index (χ0) is 13.5. The van der Waals surface area contributed by atoms with Crippen LogP contribution in [-0.4, -0.2) is 29.9 Å². The standard InChI is InChI=1S/C15H19N3O/c16-9-6-15(19)17-14-7-10-18(11-8-14)12-13-4-2-1-3-5-13/h1-5,14H,6-8,10-12H2,(H,17,19). The van der Waals surface area contributed by atoms with Crippen LogP contribution in [0.4, 0.5) is 0 Å². The molecule has 0 aliphatic carbocycles. The first-order valence-corrected chi connectivity index (χ1v) is 6.70. The third-order valence-corrected chi connectivity index (χ3v) is 3.44. The lowest BCUT2D eigenvalue weighted by atomic mass is 10.0. The Balaban J connectivity index is 1.74. The minimum absolute atomic E-state index is 0.0375. The van der Waals surface area contributed by atoms with Gasteiger partial charge in [0.05, 0.1) is 6.07 Å². The van der Waals surface area contributed by atoms with Crippen molar-refractivity contribution in [3.63, 3.8) is 0 Å². The van der Waals surface area contributed by atoms with Crippen molar-refractivity contribution in [2.45, 2.75) is 31.8 Å². The normalized spacial score (nSPS) is 16.8. The summed E-state index contributed by atoms with van der Waals surface area (Å²) in [6.07, 6.45) is 1.89. The van der Waals surface area contributed by atoms with Gasteiger partial charge in [-0.1, -0.05) is 30.3 Å². The minimum atomic E-state index is -0.149. The second-order valence-electron chi connectivity index (χ2n) is 4.94. The first-order chi connectivity index (χ1) is 9.28. The first kappa shape index (κ1) is 13.6. The third kappa shape index (κ3) is 4.38. The molecule has 0 atom stereocenters. The summed E-state index contributed by atoms with van der Waals surface area (Å²) >= 11 is 0. The van der Waals surface area contributed by atoms with Gasteiger partial charge < -0.3 is 5.32 Å². The third-order valence-electron chi connectivity index (χ3n) is 3.44. The van der Waals surface area contributed by atoms with Crippen LogP contribution in [0.1, 0.15) is 24.8 Å². The van der Waals surface area contributed by atoms with E-state index in [1.807, 2.05) is 12.1 Å². The average molecular weight is 257 g/mol. The van der Waals surface area contributed by atoms with Gasteiger partial charge in [0.1, 0.15) is 6.42 Å². The van der Waals surface area contributed by atoms with E-state index in [2.05, 4.69) is 34.5 Å². The van der Waals surface area contributed by atoms with Gasteiger partial charge in [0, 0.05) is 25.7 Å². The van der Waals surface area contributed by atoms with E-state index in [-0.39, 0.29) is 18.4 Å². The number of nitrogens with one attached hydrogen (secondary N) is 1. The predicted molar refractivity (Wildman–Crippen MR) is 73.1 cm³/mol. The molecule has 1 fully saturated rings. The summed E-state index contributed by atoms with van der Waals surface area (Å²) < 4.78 is 0. The second-order valence-corrected chi connectivity index (χ2v) is 4.94.